The van der Waals surface area contributed by atoms with E-state index in [1.165, 1.54) is 49.6 Å². The van der Waals surface area contributed by atoms with E-state index in [4.69, 9.17) is 4.74 Å². The molecule has 35 heavy (non-hydrogen) atoms. The van der Waals surface area contributed by atoms with Gasteiger partial charge in [0.2, 0.25) is 4.93 Å². The minimum absolute atomic E-state index is 0.0275. The predicted molar refractivity (Wildman–Crippen MR) is 125 cm³/mol. The highest BCUT2D eigenvalue weighted by Gasteiger charge is 2.65. The second kappa shape index (κ2) is 9.63. The number of thioether (sulfide) groups is 1. The van der Waals surface area contributed by atoms with Crippen LogP contribution in [0.15, 0.2) is 83.8 Å². The van der Waals surface area contributed by atoms with Gasteiger partial charge in [-0.2, -0.15) is 13.2 Å². The number of hydrogen-bond acceptors (Lipinski definition) is 5. The number of amides is 2. The van der Waals surface area contributed by atoms with Gasteiger partial charge in [-0.05, 0) is 42.0 Å². The van der Waals surface area contributed by atoms with E-state index in [-0.39, 0.29) is 34.5 Å². The van der Waals surface area contributed by atoms with Crippen molar-refractivity contribution < 1.29 is 32.6 Å². The van der Waals surface area contributed by atoms with Crippen LogP contribution in [0.4, 0.5) is 18.9 Å². The molecule has 2 N–H and O–H groups in total. The number of rotatable bonds is 5. The van der Waals surface area contributed by atoms with Gasteiger partial charge in [-0.15, -0.1) is 0 Å². The Kier molecular flexibility index (Phi) is 6.77. The highest BCUT2D eigenvalue weighted by molar-refractivity contribution is 8.00. The van der Waals surface area contributed by atoms with E-state index in [0.717, 1.165) is 4.90 Å². The molecule has 6 nitrogen and oxygen atoms in total. The molecule has 3 aromatic rings. The lowest BCUT2D eigenvalue weighted by Gasteiger charge is -2.40. The predicted octanol–water partition coefficient (Wildman–Crippen LogP) is 4.70. The molecule has 2 unspecified atom stereocenters. The third kappa shape index (κ3) is 4.85. The highest BCUT2D eigenvalue weighted by atomic mass is 32.2. The van der Waals surface area contributed by atoms with Gasteiger partial charge in [-0.3, -0.25) is 9.59 Å². The van der Waals surface area contributed by atoms with Crippen molar-refractivity contribution in [2.45, 2.75) is 28.6 Å². The number of carbonyl (C=O) groups is 2. The number of anilines is 1. The second-order valence-electron chi connectivity index (χ2n) is 7.83. The summed E-state index contributed by atoms with van der Waals surface area (Å²) in [6.07, 6.45) is -5.26. The average molecular weight is 503 g/mol. The van der Waals surface area contributed by atoms with Crippen molar-refractivity contribution >= 4 is 29.3 Å². The lowest BCUT2D eigenvalue weighted by Crippen LogP contribution is -2.63. The Balaban J connectivity index is 1.85. The standard InChI is InChI=1S/C25H21F3N2O4S/c1-34-18-13-11-17(12-14-18)23(32)30(15-16-7-3-2-4-8-16)21-22(31)29-19-9-5-6-10-20(19)35-24(21,33)25(26,27)28/h2-14,21,33H,15H2,1H3,(H,29,31). The summed E-state index contributed by atoms with van der Waals surface area (Å²) in [5.41, 5.74) is 0.633. The third-order valence-corrected chi connectivity index (χ3v) is 6.88. The number of ether oxygens (including phenoxy) is 1. The number of methoxy groups -OCH3 is 1. The van der Waals surface area contributed by atoms with Crippen LogP contribution in [0.2, 0.25) is 0 Å². The number of nitrogens with one attached hydrogen (secondary N) is 1. The zero-order valence-corrected chi connectivity index (χ0v) is 19.3. The highest BCUT2D eigenvalue weighted by Crippen LogP contribution is 2.51. The molecule has 2 amide bonds. The zero-order chi connectivity index (χ0) is 25.2. The van der Waals surface area contributed by atoms with Crippen molar-refractivity contribution in [2.24, 2.45) is 0 Å². The van der Waals surface area contributed by atoms with Crippen LogP contribution in [0, 0.1) is 0 Å². The lowest BCUT2D eigenvalue weighted by molar-refractivity contribution is -0.235. The van der Waals surface area contributed by atoms with Crippen LogP contribution in [-0.2, 0) is 11.3 Å². The molecule has 0 bridgehead atoms. The van der Waals surface area contributed by atoms with E-state index >= 15 is 0 Å². The van der Waals surface area contributed by atoms with Gasteiger partial charge in [0.05, 0.1) is 12.8 Å². The molecule has 4 rings (SSSR count). The molecule has 0 saturated heterocycles. The molecule has 3 aromatic carbocycles. The minimum Gasteiger partial charge on any atom is -0.497 e. The van der Waals surface area contributed by atoms with E-state index in [1.54, 1.807) is 36.4 Å². The summed E-state index contributed by atoms with van der Waals surface area (Å²) >= 11 is 0.0898. The Bertz CT molecular complexity index is 1220. The second-order valence-corrected chi connectivity index (χ2v) is 9.10. The Labute approximate surface area is 203 Å². The van der Waals surface area contributed by atoms with Crippen LogP contribution in [0.5, 0.6) is 5.75 Å². The smallest absolute Gasteiger partial charge is 0.429 e. The SMILES string of the molecule is COc1ccc(C(=O)N(Cc2ccccc2)C2C(=O)Nc3ccccc3SC2(O)C(F)(F)F)cc1. The number of alkyl halides is 3. The van der Waals surface area contributed by atoms with Gasteiger partial charge in [-0.25, -0.2) is 0 Å². The average Bonchev–Trinajstić information content (AvgIpc) is 2.96. The fourth-order valence-corrected chi connectivity index (χ4v) is 4.96. The molecule has 0 saturated carbocycles. The van der Waals surface area contributed by atoms with E-state index in [1.807, 2.05) is 0 Å². The molecular formula is C25H21F3N2O4S. The lowest BCUT2D eigenvalue weighted by atomic mass is 10.0. The molecule has 1 aliphatic rings. The summed E-state index contributed by atoms with van der Waals surface area (Å²) in [7, 11) is 1.44. The maximum absolute atomic E-state index is 14.5. The first kappa shape index (κ1) is 24.6. The number of hydrogen-bond donors (Lipinski definition) is 2. The van der Waals surface area contributed by atoms with Gasteiger partial charge in [-0.1, -0.05) is 54.2 Å². The first-order valence-corrected chi connectivity index (χ1v) is 11.3. The van der Waals surface area contributed by atoms with Crippen LogP contribution < -0.4 is 10.1 Å². The first-order valence-electron chi connectivity index (χ1n) is 10.5. The molecule has 1 aliphatic heterocycles. The number of carbonyl (C=O) groups excluding carboxylic acids is 2. The Morgan fingerprint density at radius 3 is 2.31 bits per heavy atom. The Morgan fingerprint density at radius 2 is 1.69 bits per heavy atom. The van der Waals surface area contributed by atoms with Gasteiger partial charge < -0.3 is 20.1 Å². The van der Waals surface area contributed by atoms with Crippen molar-refractivity contribution in [3.8, 4) is 5.75 Å². The van der Waals surface area contributed by atoms with Crippen LogP contribution in [0.3, 0.4) is 0 Å². The van der Waals surface area contributed by atoms with Crippen LogP contribution in [0.25, 0.3) is 0 Å². The van der Waals surface area contributed by atoms with Gasteiger partial charge in [0.15, 0.2) is 6.04 Å². The number of aliphatic hydroxyl groups is 1. The van der Waals surface area contributed by atoms with Gasteiger partial charge in [0.25, 0.3) is 11.8 Å². The van der Waals surface area contributed by atoms with E-state index in [2.05, 4.69) is 5.32 Å². The summed E-state index contributed by atoms with van der Waals surface area (Å²) in [5, 5.41) is 13.6. The zero-order valence-electron chi connectivity index (χ0n) is 18.5. The van der Waals surface area contributed by atoms with Crippen molar-refractivity contribution in [3.63, 3.8) is 0 Å². The Morgan fingerprint density at radius 1 is 1.06 bits per heavy atom. The van der Waals surface area contributed by atoms with Crippen molar-refractivity contribution in [1.29, 1.82) is 0 Å². The van der Waals surface area contributed by atoms with Crippen LogP contribution in [-0.4, -0.2) is 46.1 Å². The van der Waals surface area contributed by atoms with Gasteiger partial charge >= 0.3 is 6.18 Å². The number of halogens is 3. The number of nitrogens with zero attached hydrogens (tertiary/aromatic N) is 1. The largest absolute Gasteiger partial charge is 0.497 e. The quantitative estimate of drug-likeness (QED) is 0.529. The molecule has 0 spiro atoms. The fraction of sp³-hybridized carbons (Fsp3) is 0.200. The van der Waals surface area contributed by atoms with Crippen molar-refractivity contribution in [2.75, 3.05) is 12.4 Å². The topological polar surface area (TPSA) is 78.9 Å². The molecule has 0 fully saturated rings. The van der Waals surface area contributed by atoms with Gasteiger partial charge in [0, 0.05) is 17.0 Å². The summed E-state index contributed by atoms with van der Waals surface area (Å²) < 4.78 is 48.5. The van der Waals surface area contributed by atoms with E-state index in [9.17, 15) is 27.9 Å². The fourth-order valence-electron chi connectivity index (χ4n) is 3.79. The maximum Gasteiger partial charge on any atom is 0.429 e. The monoisotopic (exact) mass is 502 g/mol. The van der Waals surface area contributed by atoms with Crippen LogP contribution in [0.1, 0.15) is 15.9 Å². The molecule has 0 radical (unpaired) electrons. The molecule has 182 valence electrons. The van der Waals surface area contributed by atoms with Crippen molar-refractivity contribution in [1.82, 2.24) is 4.90 Å². The number of benzene rings is 3. The molecule has 1 heterocycles. The summed E-state index contributed by atoms with van der Waals surface area (Å²) in [5.74, 6) is -1.56. The summed E-state index contributed by atoms with van der Waals surface area (Å²) in [4.78, 5) is 24.1. The van der Waals surface area contributed by atoms with E-state index < -0.39 is 29.0 Å². The van der Waals surface area contributed by atoms with Crippen LogP contribution >= 0.6 is 11.8 Å². The molecular weight excluding hydrogens is 481 g/mol. The van der Waals surface area contributed by atoms with Gasteiger partial charge in [0.1, 0.15) is 5.75 Å². The number of fused-ring (bicyclic) bond motifs is 1. The maximum atomic E-state index is 14.5. The Hall–Kier alpha value is -3.50. The molecule has 2 atom stereocenters. The minimum atomic E-state index is -5.26. The summed E-state index contributed by atoms with van der Waals surface area (Å²) in [6.45, 7) is -0.348. The van der Waals surface area contributed by atoms with E-state index in [0.29, 0.717) is 11.3 Å². The molecule has 0 aromatic heterocycles. The number of para-hydroxylation sites is 1. The first-order chi connectivity index (χ1) is 16.6. The molecule has 0 aliphatic carbocycles. The molecule has 10 heteroatoms. The third-order valence-electron chi connectivity index (χ3n) is 5.54. The van der Waals surface area contributed by atoms with Crippen molar-refractivity contribution in [3.05, 3.63) is 90.0 Å². The summed E-state index contributed by atoms with van der Waals surface area (Å²) in [6, 6.07) is 17.6. The normalized spacial score (nSPS) is 19.8.